The van der Waals surface area contributed by atoms with Gasteiger partial charge in [0.05, 0.1) is 5.56 Å². The molecule has 0 bridgehead atoms. The van der Waals surface area contributed by atoms with Crippen LogP contribution in [-0.4, -0.2) is 24.0 Å². The van der Waals surface area contributed by atoms with E-state index in [4.69, 9.17) is 4.74 Å². The number of amides is 2. The van der Waals surface area contributed by atoms with Gasteiger partial charge >= 0.3 is 6.18 Å². The van der Waals surface area contributed by atoms with E-state index in [1.54, 1.807) is 0 Å². The van der Waals surface area contributed by atoms with Crippen LogP contribution in [0, 0.1) is 0 Å². The van der Waals surface area contributed by atoms with Gasteiger partial charge in [-0.2, -0.15) is 13.2 Å². The third kappa shape index (κ3) is 6.29. The Morgan fingerprint density at radius 2 is 1.57 bits per heavy atom. The number of benzene rings is 2. The molecule has 0 saturated carbocycles. The van der Waals surface area contributed by atoms with Crippen LogP contribution in [0.5, 0.6) is 5.75 Å². The molecule has 0 unspecified atom stereocenters. The molecule has 5 nitrogen and oxygen atoms in total. The van der Waals surface area contributed by atoms with Gasteiger partial charge in [-0.1, -0.05) is 12.1 Å². The maximum atomic E-state index is 12.9. The average Bonchev–Trinajstić information content (AvgIpc) is 2.58. The number of nitrogens with one attached hydrogen (secondary N) is 2. The predicted molar refractivity (Wildman–Crippen MR) is 99.2 cm³/mol. The molecular weight excluding hydrogens is 373 g/mol. The summed E-state index contributed by atoms with van der Waals surface area (Å²) in [6, 6.07) is 10.8. The summed E-state index contributed by atoms with van der Waals surface area (Å²) < 4.78 is 43.8. The molecule has 150 valence electrons. The van der Waals surface area contributed by atoms with Crippen LogP contribution in [-0.2, 0) is 11.0 Å². The molecule has 0 aromatic heterocycles. The Hall–Kier alpha value is -3.03. The number of anilines is 1. The van der Waals surface area contributed by atoms with Crippen molar-refractivity contribution >= 4 is 17.5 Å². The highest BCUT2D eigenvalue weighted by atomic mass is 19.4. The lowest BCUT2D eigenvalue weighted by Gasteiger charge is -2.20. The summed E-state index contributed by atoms with van der Waals surface area (Å²) in [6.07, 6.45) is -4.57. The second-order valence-electron chi connectivity index (χ2n) is 7.11. The van der Waals surface area contributed by atoms with Gasteiger partial charge in [0.25, 0.3) is 11.8 Å². The van der Waals surface area contributed by atoms with E-state index in [1.807, 2.05) is 20.8 Å². The number of para-hydroxylation sites is 1. The molecule has 28 heavy (non-hydrogen) atoms. The normalized spacial score (nSPS) is 11.6. The highest BCUT2D eigenvalue weighted by Crippen LogP contribution is 2.35. The number of alkyl halides is 3. The SMILES string of the molecule is CC(C)(C)NC(=O)c1ccc(NC(=O)COc2ccccc2C(F)(F)F)cc1. The van der Waals surface area contributed by atoms with E-state index in [0.717, 1.165) is 12.1 Å². The summed E-state index contributed by atoms with van der Waals surface area (Å²) in [6.45, 7) is 4.99. The third-order valence-electron chi connectivity index (χ3n) is 3.47. The number of hydrogen-bond donors (Lipinski definition) is 2. The summed E-state index contributed by atoms with van der Waals surface area (Å²) in [5.41, 5.74) is -0.515. The Labute approximate surface area is 160 Å². The van der Waals surface area contributed by atoms with Crippen molar-refractivity contribution in [2.24, 2.45) is 0 Å². The van der Waals surface area contributed by atoms with E-state index in [0.29, 0.717) is 11.3 Å². The van der Waals surface area contributed by atoms with E-state index >= 15 is 0 Å². The molecule has 0 aliphatic rings. The molecule has 0 spiro atoms. The highest BCUT2D eigenvalue weighted by molar-refractivity contribution is 5.96. The molecule has 0 aliphatic carbocycles. The molecule has 2 N–H and O–H groups in total. The number of rotatable bonds is 5. The van der Waals surface area contributed by atoms with Gasteiger partial charge < -0.3 is 15.4 Å². The molecule has 2 aromatic carbocycles. The first-order valence-electron chi connectivity index (χ1n) is 8.47. The van der Waals surface area contributed by atoms with E-state index in [2.05, 4.69) is 10.6 Å². The molecule has 2 amide bonds. The first kappa shape index (κ1) is 21.3. The van der Waals surface area contributed by atoms with Crippen molar-refractivity contribution in [3.05, 3.63) is 59.7 Å². The fourth-order valence-corrected chi connectivity index (χ4v) is 2.28. The fourth-order valence-electron chi connectivity index (χ4n) is 2.28. The Bertz CT molecular complexity index is 841. The molecule has 0 saturated heterocycles. The lowest BCUT2D eigenvalue weighted by atomic mass is 10.1. The second kappa shape index (κ2) is 8.33. The van der Waals surface area contributed by atoms with Crippen molar-refractivity contribution in [2.45, 2.75) is 32.5 Å². The lowest BCUT2D eigenvalue weighted by molar-refractivity contribution is -0.139. The first-order valence-corrected chi connectivity index (χ1v) is 8.47. The highest BCUT2D eigenvalue weighted by Gasteiger charge is 2.34. The number of carbonyl (C=O) groups is 2. The number of halogens is 3. The van der Waals surface area contributed by atoms with Crippen LogP contribution in [0.25, 0.3) is 0 Å². The topological polar surface area (TPSA) is 67.4 Å². The van der Waals surface area contributed by atoms with Gasteiger partial charge in [0.1, 0.15) is 5.75 Å². The molecular formula is C20H21F3N2O3. The predicted octanol–water partition coefficient (Wildman–Crippen LogP) is 4.25. The van der Waals surface area contributed by atoms with Gasteiger partial charge in [-0.25, -0.2) is 0 Å². The van der Waals surface area contributed by atoms with Crippen LogP contribution in [0.1, 0.15) is 36.7 Å². The Morgan fingerprint density at radius 1 is 0.964 bits per heavy atom. The second-order valence-corrected chi connectivity index (χ2v) is 7.11. The van der Waals surface area contributed by atoms with E-state index in [9.17, 15) is 22.8 Å². The van der Waals surface area contributed by atoms with Gasteiger partial charge in [0.2, 0.25) is 0 Å². The van der Waals surface area contributed by atoms with Crippen LogP contribution in [0.2, 0.25) is 0 Å². The van der Waals surface area contributed by atoms with Gasteiger partial charge in [-0.05, 0) is 57.2 Å². The molecule has 0 heterocycles. The Morgan fingerprint density at radius 3 is 2.14 bits per heavy atom. The van der Waals surface area contributed by atoms with E-state index in [1.165, 1.54) is 36.4 Å². The zero-order valence-electron chi connectivity index (χ0n) is 15.7. The van der Waals surface area contributed by atoms with Crippen molar-refractivity contribution in [2.75, 3.05) is 11.9 Å². The Balaban J connectivity index is 1.95. The zero-order valence-corrected chi connectivity index (χ0v) is 15.7. The van der Waals surface area contributed by atoms with E-state index < -0.39 is 30.0 Å². The van der Waals surface area contributed by atoms with Crippen molar-refractivity contribution in [1.29, 1.82) is 0 Å². The Kier molecular flexibility index (Phi) is 6.33. The summed E-state index contributed by atoms with van der Waals surface area (Å²) in [7, 11) is 0. The lowest BCUT2D eigenvalue weighted by Crippen LogP contribution is -2.40. The minimum Gasteiger partial charge on any atom is -0.483 e. The van der Waals surface area contributed by atoms with Crippen molar-refractivity contribution in [3.8, 4) is 5.75 Å². The monoisotopic (exact) mass is 394 g/mol. The van der Waals surface area contributed by atoms with Crippen molar-refractivity contribution in [1.82, 2.24) is 5.32 Å². The number of carbonyl (C=O) groups excluding carboxylic acids is 2. The quantitative estimate of drug-likeness (QED) is 0.797. The first-order chi connectivity index (χ1) is 13.0. The average molecular weight is 394 g/mol. The fraction of sp³-hybridized carbons (Fsp3) is 0.300. The van der Waals surface area contributed by atoms with Gasteiger partial charge in [0, 0.05) is 16.8 Å². The maximum absolute atomic E-state index is 12.9. The number of hydrogen-bond acceptors (Lipinski definition) is 3. The minimum absolute atomic E-state index is 0.252. The molecule has 0 fully saturated rings. The molecule has 2 aromatic rings. The number of ether oxygens (including phenoxy) is 1. The van der Waals surface area contributed by atoms with Crippen LogP contribution >= 0.6 is 0 Å². The van der Waals surface area contributed by atoms with Crippen LogP contribution < -0.4 is 15.4 Å². The molecule has 0 atom stereocenters. The van der Waals surface area contributed by atoms with Crippen molar-refractivity contribution in [3.63, 3.8) is 0 Å². The third-order valence-corrected chi connectivity index (χ3v) is 3.47. The largest absolute Gasteiger partial charge is 0.483 e. The van der Waals surface area contributed by atoms with Crippen molar-refractivity contribution < 1.29 is 27.5 Å². The maximum Gasteiger partial charge on any atom is 0.419 e. The van der Waals surface area contributed by atoms with Crippen LogP contribution in [0.3, 0.4) is 0 Å². The smallest absolute Gasteiger partial charge is 0.419 e. The molecule has 2 rings (SSSR count). The van der Waals surface area contributed by atoms with Crippen LogP contribution in [0.15, 0.2) is 48.5 Å². The standard InChI is InChI=1S/C20H21F3N2O3/c1-19(2,3)25-18(27)13-8-10-14(11-9-13)24-17(26)12-28-16-7-5-4-6-15(16)20(21,22)23/h4-11H,12H2,1-3H3,(H,24,26)(H,25,27). The minimum atomic E-state index is -4.57. The van der Waals surface area contributed by atoms with Crippen LogP contribution in [0.4, 0.5) is 18.9 Å². The summed E-state index contributed by atoms with van der Waals surface area (Å²) in [5.74, 6) is -1.29. The molecule has 0 radical (unpaired) electrons. The van der Waals surface area contributed by atoms with Gasteiger partial charge in [-0.15, -0.1) is 0 Å². The molecule has 8 heteroatoms. The van der Waals surface area contributed by atoms with Gasteiger partial charge in [0.15, 0.2) is 6.61 Å². The van der Waals surface area contributed by atoms with E-state index in [-0.39, 0.29) is 11.4 Å². The van der Waals surface area contributed by atoms with Gasteiger partial charge in [-0.3, -0.25) is 9.59 Å². The summed E-state index contributed by atoms with van der Waals surface area (Å²) in [4.78, 5) is 24.0. The molecule has 0 aliphatic heterocycles. The summed E-state index contributed by atoms with van der Waals surface area (Å²) >= 11 is 0. The zero-order chi connectivity index (χ0) is 20.9. The summed E-state index contributed by atoms with van der Waals surface area (Å²) in [5, 5.41) is 5.32.